The number of halogens is 1. The summed E-state index contributed by atoms with van der Waals surface area (Å²) in [5.74, 6) is 2.57. The minimum Gasteiger partial charge on any atom is -0.370 e. The van der Waals surface area contributed by atoms with Gasteiger partial charge in [0.2, 0.25) is 0 Å². The van der Waals surface area contributed by atoms with E-state index in [9.17, 15) is 0 Å². The van der Waals surface area contributed by atoms with Crippen LogP contribution in [0.25, 0.3) is 0 Å². The van der Waals surface area contributed by atoms with Gasteiger partial charge in [-0.2, -0.15) is 0 Å². The van der Waals surface area contributed by atoms with Crippen LogP contribution in [0, 0.1) is 0 Å². The highest BCUT2D eigenvalue weighted by molar-refractivity contribution is 14.0. The molecule has 1 aromatic rings. The van der Waals surface area contributed by atoms with Crippen molar-refractivity contribution in [2.24, 2.45) is 10.7 Å². The topological polar surface area (TPSA) is 81.1 Å². The highest BCUT2D eigenvalue weighted by Gasteiger charge is 2.17. The molecule has 118 valence electrons. The van der Waals surface area contributed by atoms with Crippen LogP contribution in [0.2, 0.25) is 0 Å². The maximum absolute atomic E-state index is 6.00. The molecule has 1 saturated carbocycles. The van der Waals surface area contributed by atoms with Gasteiger partial charge < -0.3 is 15.6 Å². The summed E-state index contributed by atoms with van der Waals surface area (Å²) in [5, 5.41) is 11.7. The van der Waals surface area contributed by atoms with E-state index in [0.717, 1.165) is 31.0 Å². The van der Waals surface area contributed by atoms with Crippen LogP contribution < -0.4 is 11.1 Å². The molecule has 3 rings (SSSR count). The van der Waals surface area contributed by atoms with Gasteiger partial charge in [0.1, 0.15) is 12.4 Å². The number of nitrogens with zero attached hydrogens (tertiary/aromatic N) is 4. The molecule has 1 aliphatic carbocycles. The van der Waals surface area contributed by atoms with Gasteiger partial charge in [-0.05, 0) is 19.3 Å². The second kappa shape index (κ2) is 7.95. The number of guanidine groups is 1. The first-order valence-electron chi connectivity index (χ1n) is 7.80. The third-order valence-corrected chi connectivity index (χ3v) is 4.28. The van der Waals surface area contributed by atoms with Crippen molar-refractivity contribution >= 4 is 29.9 Å². The van der Waals surface area contributed by atoms with Crippen LogP contribution in [-0.2, 0) is 19.5 Å². The molecular weight excluding hydrogens is 379 g/mol. The van der Waals surface area contributed by atoms with Crippen molar-refractivity contribution in [1.29, 1.82) is 0 Å². The van der Waals surface area contributed by atoms with E-state index in [2.05, 4.69) is 25.1 Å². The fraction of sp³-hybridized carbons (Fsp3) is 0.786. The van der Waals surface area contributed by atoms with E-state index in [1.165, 1.54) is 38.5 Å². The van der Waals surface area contributed by atoms with E-state index in [0.29, 0.717) is 18.5 Å². The first-order valence-corrected chi connectivity index (χ1v) is 7.80. The van der Waals surface area contributed by atoms with Gasteiger partial charge in [-0.3, -0.25) is 0 Å². The van der Waals surface area contributed by atoms with Gasteiger partial charge in [0, 0.05) is 19.0 Å². The molecule has 21 heavy (non-hydrogen) atoms. The molecule has 0 spiro atoms. The van der Waals surface area contributed by atoms with Crippen LogP contribution in [0.1, 0.15) is 56.6 Å². The predicted molar refractivity (Wildman–Crippen MR) is 93.7 cm³/mol. The van der Waals surface area contributed by atoms with Crippen molar-refractivity contribution in [3.8, 4) is 0 Å². The minimum atomic E-state index is 0. The molecule has 0 saturated heterocycles. The van der Waals surface area contributed by atoms with Crippen molar-refractivity contribution in [1.82, 2.24) is 20.1 Å². The first kappa shape index (κ1) is 16.5. The van der Waals surface area contributed by atoms with E-state index in [-0.39, 0.29) is 24.0 Å². The van der Waals surface area contributed by atoms with Gasteiger partial charge in [-0.25, -0.2) is 4.99 Å². The normalized spacial score (nSPS) is 19.7. The van der Waals surface area contributed by atoms with Crippen molar-refractivity contribution in [3.63, 3.8) is 0 Å². The minimum absolute atomic E-state index is 0. The molecule has 1 aromatic heterocycles. The van der Waals surface area contributed by atoms with Gasteiger partial charge in [-0.15, -0.1) is 34.2 Å². The highest BCUT2D eigenvalue weighted by Crippen LogP contribution is 2.17. The zero-order valence-corrected chi connectivity index (χ0v) is 14.8. The Hall–Kier alpha value is -0.860. The molecule has 0 unspecified atom stereocenters. The smallest absolute Gasteiger partial charge is 0.189 e. The number of nitrogens with two attached hydrogens (primary N) is 1. The lowest BCUT2D eigenvalue weighted by Gasteiger charge is -2.16. The van der Waals surface area contributed by atoms with Gasteiger partial charge in [-0.1, -0.05) is 25.7 Å². The van der Waals surface area contributed by atoms with Gasteiger partial charge >= 0.3 is 0 Å². The van der Waals surface area contributed by atoms with Crippen LogP contribution in [0.4, 0.5) is 0 Å². The second-order valence-corrected chi connectivity index (χ2v) is 5.82. The maximum Gasteiger partial charge on any atom is 0.189 e. The quantitative estimate of drug-likeness (QED) is 0.349. The molecule has 7 heteroatoms. The number of aryl methyl sites for hydroxylation is 1. The lowest BCUT2D eigenvalue weighted by molar-refractivity contribution is 0.529. The van der Waals surface area contributed by atoms with Gasteiger partial charge in [0.05, 0.1) is 0 Å². The third-order valence-electron chi connectivity index (χ3n) is 4.28. The summed E-state index contributed by atoms with van der Waals surface area (Å²) >= 11 is 0. The molecule has 0 atom stereocenters. The van der Waals surface area contributed by atoms with Crippen LogP contribution in [0.5, 0.6) is 0 Å². The van der Waals surface area contributed by atoms with Crippen molar-refractivity contribution in [2.75, 3.05) is 0 Å². The van der Waals surface area contributed by atoms with Gasteiger partial charge in [0.25, 0.3) is 0 Å². The summed E-state index contributed by atoms with van der Waals surface area (Å²) in [6, 6.07) is 0.491. The zero-order chi connectivity index (χ0) is 13.8. The van der Waals surface area contributed by atoms with Crippen LogP contribution in [0.3, 0.4) is 0 Å². The average Bonchev–Trinajstić information content (AvgIpc) is 2.95. The predicted octanol–water partition coefficient (Wildman–Crippen LogP) is 1.97. The first-order chi connectivity index (χ1) is 9.83. The highest BCUT2D eigenvalue weighted by atomic mass is 127. The molecule has 0 aromatic carbocycles. The van der Waals surface area contributed by atoms with E-state index >= 15 is 0 Å². The molecule has 0 amide bonds. The number of nitrogens with one attached hydrogen (secondary N) is 1. The molecule has 2 heterocycles. The molecule has 1 fully saturated rings. The van der Waals surface area contributed by atoms with E-state index < -0.39 is 0 Å². The Bertz CT molecular complexity index is 476. The Morgan fingerprint density at radius 1 is 1.19 bits per heavy atom. The lowest BCUT2D eigenvalue weighted by Crippen LogP contribution is -2.39. The molecule has 1 aliphatic heterocycles. The number of hydrogen-bond acceptors (Lipinski definition) is 3. The second-order valence-electron chi connectivity index (χ2n) is 5.82. The summed E-state index contributed by atoms with van der Waals surface area (Å²) in [6.45, 7) is 1.54. The zero-order valence-electron chi connectivity index (χ0n) is 12.4. The summed E-state index contributed by atoms with van der Waals surface area (Å²) in [7, 11) is 0. The Morgan fingerprint density at radius 3 is 2.71 bits per heavy atom. The van der Waals surface area contributed by atoms with Crippen LogP contribution >= 0.6 is 24.0 Å². The third kappa shape index (κ3) is 4.31. The summed E-state index contributed by atoms with van der Waals surface area (Å²) in [4.78, 5) is 4.43. The lowest BCUT2D eigenvalue weighted by atomic mass is 10.1. The van der Waals surface area contributed by atoms with Crippen LogP contribution in [-0.4, -0.2) is 26.8 Å². The Labute approximate surface area is 143 Å². The fourth-order valence-corrected chi connectivity index (χ4v) is 3.16. The number of rotatable bonds is 3. The van der Waals surface area contributed by atoms with Gasteiger partial charge in [0.15, 0.2) is 11.8 Å². The molecule has 0 bridgehead atoms. The van der Waals surface area contributed by atoms with Crippen molar-refractivity contribution < 1.29 is 0 Å². The molecular formula is C14H25IN6. The van der Waals surface area contributed by atoms with E-state index in [1.807, 2.05) is 0 Å². The van der Waals surface area contributed by atoms with Crippen molar-refractivity contribution in [2.45, 2.75) is 70.5 Å². The number of aromatic nitrogens is 3. The Morgan fingerprint density at radius 2 is 1.95 bits per heavy atom. The van der Waals surface area contributed by atoms with Crippen molar-refractivity contribution in [3.05, 3.63) is 11.6 Å². The molecule has 2 aliphatic rings. The molecule has 3 N–H and O–H groups in total. The SMILES string of the molecule is I.NC(=NCc1nnc2n1CCC2)NC1CCCCCC1. The largest absolute Gasteiger partial charge is 0.370 e. The van der Waals surface area contributed by atoms with E-state index in [1.54, 1.807) is 0 Å². The van der Waals surface area contributed by atoms with Crippen LogP contribution in [0.15, 0.2) is 4.99 Å². The summed E-state index contributed by atoms with van der Waals surface area (Å²) in [6.07, 6.45) is 9.89. The monoisotopic (exact) mass is 404 g/mol. The summed E-state index contributed by atoms with van der Waals surface area (Å²) in [5.41, 5.74) is 6.00. The average molecular weight is 404 g/mol. The summed E-state index contributed by atoms with van der Waals surface area (Å²) < 4.78 is 2.17. The standard InChI is InChI=1S/C14H24N6.HI/c15-14(17-11-6-3-1-2-4-7-11)16-10-13-19-18-12-8-5-9-20(12)13;/h11H,1-10H2,(H3,15,16,17);1H. The Kier molecular flexibility index (Phi) is 6.25. The Balaban J connectivity index is 0.00000161. The number of aliphatic imine (C=N–C) groups is 1. The molecule has 6 nitrogen and oxygen atoms in total. The molecule has 0 radical (unpaired) electrons. The number of hydrogen-bond donors (Lipinski definition) is 2. The fourth-order valence-electron chi connectivity index (χ4n) is 3.16. The number of fused-ring (bicyclic) bond motifs is 1. The van der Waals surface area contributed by atoms with E-state index in [4.69, 9.17) is 5.73 Å². The maximum atomic E-state index is 6.00.